The lowest BCUT2D eigenvalue weighted by Crippen LogP contribution is -2.34. The number of anilines is 1. The quantitative estimate of drug-likeness (QED) is 0.181. The molecule has 0 bridgehead atoms. The SMILES string of the molecule is Cc1cc2c(cc1C(C)Oc1ccc(C[C@H](Nc3ccccc3C(=O)c3ccccc3)C(=O)O)cc1)C(C)(C)CCC2(C)C. The maximum atomic E-state index is 13.2. The third-order valence-corrected chi connectivity index (χ3v) is 9.19. The maximum Gasteiger partial charge on any atom is 0.326 e. The summed E-state index contributed by atoms with van der Waals surface area (Å²) in [7, 11) is 0. The summed E-state index contributed by atoms with van der Waals surface area (Å²) in [5.41, 5.74) is 7.91. The Kier molecular flexibility index (Phi) is 8.69. The molecular weight excluding hydrogens is 546 g/mol. The number of ether oxygens (including phenoxy) is 1. The number of para-hydroxylation sites is 1. The van der Waals surface area contributed by atoms with Gasteiger partial charge in [0.1, 0.15) is 17.9 Å². The Balaban J connectivity index is 1.30. The summed E-state index contributed by atoms with van der Waals surface area (Å²) in [5, 5.41) is 13.2. The van der Waals surface area contributed by atoms with E-state index in [1.54, 1.807) is 36.4 Å². The predicted octanol–water partition coefficient (Wildman–Crippen LogP) is 8.82. The van der Waals surface area contributed by atoms with Gasteiger partial charge >= 0.3 is 5.97 Å². The van der Waals surface area contributed by atoms with Gasteiger partial charge in [0, 0.05) is 23.2 Å². The minimum absolute atomic E-state index is 0.124. The second kappa shape index (κ2) is 12.3. The molecule has 0 radical (unpaired) electrons. The number of carboxylic acids is 1. The van der Waals surface area contributed by atoms with E-state index in [-0.39, 0.29) is 29.1 Å². The van der Waals surface area contributed by atoms with E-state index in [0.717, 1.165) is 17.7 Å². The van der Waals surface area contributed by atoms with Gasteiger partial charge in [-0.15, -0.1) is 0 Å². The van der Waals surface area contributed by atoms with Crippen LogP contribution in [-0.4, -0.2) is 22.9 Å². The van der Waals surface area contributed by atoms with Crippen molar-refractivity contribution in [2.75, 3.05) is 5.32 Å². The minimum Gasteiger partial charge on any atom is -0.486 e. The number of benzene rings is 4. The molecular formula is C39H43NO4. The van der Waals surface area contributed by atoms with Gasteiger partial charge in [-0.2, -0.15) is 0 Å². The summed E-state index contributed by atoms with van der Waals surface area (Å²) in [6, 6.07) is 27.4. The van der Waals surface area contributed by atoms with E-state index in [9.17, 15) is 14.7 Å². The molecule has 4 aromatic rings. The van der Waals surface area contributed by atoms with E-state index in [2.05, 4.69) is 59.0 Å². The normalized spacial score (nSPS) is 16.3. The zero-order valence-electron chi connectivity index (χ0n) is 26.6. The number of nitrogens with one attached hydrogen (secondary N) is 1. The average Bonchev–Trinajstić information content (AvgIpc) is 3.00. The van der Waals surface area contributed by atoms with Gasteiger partial charge in [0.2, 0.25) is 0 Å². The van der Waals surface area contributed by atoms with Crippen LogP contribution in [0.5, 0.6) is 5.75 Å². The summed E-state index contributed by atoms with van der Waals surface area (Å²) < 4.78 is 6.41. The Morgan fingerprint density at radius 1 is 0.841 bits per heavy atom. The zero-order valence-corrected chi connectivity index (χ0v) is 26.6. The van der Waals surface area contributed by atoms with Crippen LogP contribution in [-0.2, 0) is 22.0 Å². The number of hydrogen-bond donors (Lipinski definition) is 2. The molecule has 5 rings (SSSR count). The van der Waals surface area contributed by atoms with Crippen LogP contribution in [0.15, 0.2) is 91.0 Å². The van der Waals surface area contributed by atoms with Gasteiger partial charge in [-0.3, -0.25) is 4.79 Å². The number of aryl methyl sites for hydroxylation is 1. The van der Waals surface area contributed by atoms with Crippen molar-refractivity contribution >= 4 is 17.4 Å². The molecule has 1 unspecified atom stereocenters. The van der Waals surface area contributed by atoms with Crippen LogP contribution in [0.2, 0.25) is 0 Å². The molecule has 0 aromatic heterocycles. The number of rotatable bonds is 10. The van der Waals surface area contributed by atoms with Crippen molar-refractivity contribution in [3.05, 3.63) is 130 Å². The Hall–Kier alpha value is -4.38. The molecule has 2 atom stereocenters. The summed E-state index contributed by atoms with van der Waals surface area (Å²) in [6.07, 6.45) is 2.45. The highest BCUT2D eigenvalue weighted by Gasteiger charge is 2.37. The molecule has 0 spiro atoms. The van der Waals surface area contributed by atoms with E-state index in [1.807, 2.05) is 42.5 Å². The van der Waals surface area contributed by atoms with Crippen molar-refractivity contribution in [3.63, 3.8) is 0 Å². The fourth-order valence-electron chi connectivity index (χ4n) is 6.32. The highest BCUT2D eigenvalue weighted by atomic mass is 16.5. The Labute approximate surface area is 261 Å². The first-order valence-corrected chi connectivity index (χ1v) is 15.4. The van der Waals surface area contributed by atoms with Gasteiger partial charge < -0.3 is 15.2 Å². The molecule has 0 amide bonds. The van der Waals surface area contributed by atoms with Crippen LogP contribution in [0, 0.1) is 6.92 Å². The van der Waals surface area contributed by atoms with Crippen molar-refractivity contribution in [3.8, 4) is 5.75 Å². The number of fused-ring (bicyclic) bond motifs is 1. The Morgan fingerprint density at radius 2 is 1.43 bits per heavy atom. The second-order valence-electron chi connectivity index (χ2n) is 13.4. The predicted molar refractivity (Wildman–Crippen MR) is 177 cm³/mol. The largest absolute Gasteiger partial charge is 0.486 e. The number of carboxylic acid groups (broad SMARTS) is 1. The number of carbonyl (C=O) groups is 2. The first-order valence-electron chi connectivity index (χ1n) is 15.4. The fraction of sp³-hybridized carbons (Fsp3) is 0.333. The Bertz CT molecular complexity index is 1650. The number of hydrogen-bond acceptors (Lipinski definition) is 4. The molecule has 4 aromatic carbocycles. The van der Waals surface area contributed by atoms with Crippen LogP contribution in [0.4, 0.5) is 5.69 Å². The van der Waals surface area contributed by atoms with E-state index in [1.165, 1.54) is 28.7 Å². The second-order valence-corrected chi connectivity index (χ2v) is 13.4. The summed E-state index contributed by atoms with van der Waals surface area (Å²) in [5.74, 6) is -0.415. The number of ketones is 1. The van der Waals surface area contributed by atoms with Crippen molar-refractivity contribution in [1.29, 1.82) is 0 Å². The van der Waals surface area contributed by atoms with Gasteiger partial charge in [-0.05, 0) is 89.6 Å². The van der Waals surface area contributed by atoms with E-state index in [4.69, 9.17) is 4.74 Å². The topological polar surface area (TPSA) is 75.6 Å². The standard InChI is InChI=1S/C39H43NO4/c1-25-22-32-33(39(5,6)21-20-38(32,3)4)24-31(25)26(2)44-29-18-16-27(17-19-29)23-35(37(42)43)40-34-15-11-10-14-30(34)36(41)28-12-8-7-9-13-28/h7-19,22,24,26,35,40H,20-21,23H2,1-6H3,(H,42,43)/t26?,35-/m0/s1. The highest BCUT2D eigenvalue weighted by molar-refractivity contribution is 6.12. The van der Waals surface area contributed by atoms with Crippen LogP contribution >= 0.6 is 0 Å². The fourth-order valence-corrected chi connectivity index (χ4v) is 6.32. The molecule has 0 saturated carbocycles. The molecule has 0 aliphatic heterocycles. The summed E-state index contributed by atoms with van der Waals surface area (Å²) in [4.78, 5) is 25.4. The van der Waals surface area contributed by atoms with Crippen molar-refractivity contribution < 1.29 is 19.4 Å². The first kappa shape index (κ1) is 31.1. The van der Waals surface area contributed by atoms with Crippen LogP contribution in [0.3, 0.4) is 0 Å². The lowest BCUT2D eigenvalue weighted by Gasteiger charge is -2.42. The van der Waals surface area contributed by atoms with Crippen molar-refractivity contribution in [1.82, 2.24) is 0 Å². The van der Waals surface area contributed by atoms with E-state index < -0.39 is 12.0 Å². The average molecular weight is 590 g/mol. The lowest BCUT2D eigenvalue weighted by atomic mass is 9.62. The molecule has 2 N–H and O–H groups in total. The summed E-state index contributed by atoms with van der Waals surface area (Å²) in [6.45, 7) is 13.6. The van der Waals surface area contributed by atoms with E-state index in [0.29, 0.717) is 16.8 Å². The van der Waals surface area contributed by atoms with Crippen LogP contribution in [0.25, 0.3) is 0 Å². The maximum absolute atomic E-state index is 13.2. The molecule has 228 valence electrons. The molecule has 44 heavy (non-hydrogen) atoms. The minimum atomic E-state index is -0.991. The number of carbonyl (C=O) groups excluding carboxylic acids is 1. The van der Waals surface area contributed by atoms with Gasteiger partial charge in [0.25, 0.3) is 0 Å². The van der Waals surface area contributed by atoms with Gasteiger partial charge in [0.05, 0.1) is 0 Å². The first-order chi connectivity index (χ1) is 20.9. The molecule has 5 heteroatoms. The van der Waals surface area contributed by atoms with Gasteiger partial charge in [-0.1, -0.05) is 94.4 Å². The third kappa shape index (κ3) is 6.57. The van der Waals surface area contributed by atoms with Crippen LogP contribution < -0.4 is 10.1 Å². The smallest absolute Gasteiger partial charge is 0.326 e. The summed E-state index contributed by atoms with van der Waals surface area (Å²) >= 11 is 0. The van der Waals surface area contributed by atoms with E-state index >= 15 is 0 Å². The van der Waals surface area contributed by atoms with Gasteiger partial charge in [0.15, 0.2) is 5.78 Å². The molecule has 0 saturated heterocycles. The lowest BCUT2D eigenvalue weighted by molar-refractivity contribution is -0.137. The molecule has 1 aliphatic carbocycles. The zero-order chi connectivity index (χ0) is 31.6. The van der Waals surface area contributed by atoms with Crippen molar-refractivity contribution in [2.45, 2.75) is 83.8 Å². The van der Waals surface area contributed by atoms with Gasteiger partial charge in [-0.25, -0.2) is 4.79 Å². The van der Waals surface area contributed by atoms with Crippen LogP contribution in [0.1, 0.15) is 97.3 Å². The highest BCUT2D eigenvalue weighted by Crippen LogP contribution is 2.47. The molecule has 0 fully saturated rings. The number of aliphatic carboxylic acids is 1. The molecule has 5 nitrogen and oxygen atoms in total. The molecule has 0 heterocycles. The Morgan fingerprint density at radius 3 is 2.07 bits per heavy atom. The van der Waals surface area contributed by atoms with Crippen molar-refractivity contribution in [2.24, 2.45) is 0 Å². The molecule has 1 aliphatic rings. The monoisotopic (exact) mass is 589 g/mol. The third-order valence-electron chi connectivity index (χ3n) is 9.19.